The number of rotatable bonds is 5. The average molecular weight is 326 g/mol. The number of ether oxygens (including phenoxy) is 2. The topological polar surface area (TPSA) is 60.4 Å². The van der Waals surface area contributed by atoms with Crippen LogP contribution in [-0.4, -0.2) is 41.3 Å². The number of hydrogen-bond donors (Lipinski definition) is 0. The summed E-state index contributed by atoms with van der Waals surface area (Å²) < 4.78 is 11.1. The predicted octanol–water partition coefficient (Wildman–Crippen LogP) is 2.88. The van der Waals surface area contributed by atoms with E-state index in [-0.39, 0.29) is 6.10 Å². The van der Waals surface area contributed by atoms with Gasteiger partial charge in [0.05, 0.1) is 19.0 Å². The van der Waals surface area contributed by atoms with Crippen LogP contribution in [0.3, 0.4) is 0 Å². The Hall–Kier alpha value is -2.63. The van der Waals surface area contributed by atoms with Gasteiger partial charge < -0.3 is 14.4 Å². The van der Waals surface area contributed by atoms with Crippen LogP contribution in [0.1, 0.15) is 24.1 Å². The number of anilines is 1. The average Bonchev–Trinajstić information content (AvgIpc) is 2.63. The molecular weight excluding hydrogens is 304 g/mol. The minimum Gasteiger partial charge on any atom is -0.489 e. The van der Waals surface area contributed by atoms with Crippen molar-refractivity contribution in [2.75, 3.05) is 25.1 Å². The van der Waals surface area contributed by atoms with Gasteiger partial charge in [0, 0.05) is 37.6 Å². The fourth-order valence-corrected chi connectivity index (χ4v) is 2.91. The van der Waals surface area contributed by atoms with Crippen molar-refractivity contribution in [2.24, 2.45) is 0 Å². The van der Waals surface area contributed by atoms with E-state index in [0.29, 0.717) is 5.88 Å². The molecule has 2 aromatic heterocycles. The number of nitrogens with zero attached hydrogens (tertiary/aromatic N) is 4. The normalized spacial score (nSPS) is 15.2. The molecule has 3 rings (SSSR count). The van der Waals surface area contributed by atoms with Gasteiger partial charge in [0.2, 0.25) is 5.88 Å². The number of piperidine rings is 1. The highest BCUT2D eigenvalue weighted by Gasteiger charge is 2.23. The van der Waals surface area contributed by atoms with Gasteiger partial charge in [-0.05, 0) is 19.1 Å². The molecule has 1 aliphatic heterocycles. The van der Waals surface area contributed by atoms with Crippen LogP contribution in [0.15, 0.2) is 31.2 Å². The van der Waals surface area contributed by atoms with E-state index in [0.717, 1.165) is 48.8 Å². The van der Waals surface area contributed by atoms with Crippen LogP contribution in [0.2, 0.25) is 0 Å². The van der Waals surface area contributed by atoms with Crippen molar-refractivity contribution in [3.05, 3.63) is 42.5 Å². The van der Waals surface area contributed by atoms with Crippen molar-refractivity contribution in [2.45, 2.75) is 25.9 Å². The molecule has 2 aromatic rings. The smallest absolute Gasteiger partial charge is 0.213 e. The second-order valence-corrected chi connectivity index (χ2v) is 5.75. The van der Waals surface area contributed by atoms with Gasteiger partial charge in [0.1, 0.15) is 24.0 Å². The lowest BCUT2D eigenvalue weighted by molar-refractivity contribution is 0.169. The molecule has 0 spiro atoms. The molecule has 6 heteroatoms. The van der Waals surface area contributed by atoms with Gasteiger partial charge in [-0.1, -0.05) is 6.58 Å². The Bertz CT molecular complexity index is 695. The lowest BCUT2D eigenvalue weighted by Gasteiger charge is -2.33. The Morgan fingerprint density at radius 2 is 2.00 bits per heavy atom. The van der Waals surface area contributed by atoms with Crippen molar-refractivity contribution in [1.82, 2.24) is 15.0 Å². The highest BCUT2D eigenvalue weighted by Crippen LogP contribution is 2.25. The second-order valence-electron chi connectivity index (χ2n) is 5.75. The van der Waals surface area contributed by atoms with Crippen LogP contribution in [-0.2, 0) is 0 Å². The summed E-state index contributed by atoms with van der Waals surface area (Å²) in [5.41, 5.74) is 1.97. The summed E-state index contributed by atoms with van der Waals surface area (Å²) in [5.74, 6) is 2.36. The maximum atomic E-state index is 6.02. The molecule has 0 bridgehead atoms. The molecule has 24 heavy (non-hydrogen) atoms. The van der Waals surface area contributed by atoms with E-state index in [1.54, 1.807) is 25.7 Å². The highest BCUT2D eigenvalue weighted by atomic mass is 16.5. The molecular formula is C18H22N4O2. The van der Waals surface area contributed by atoms with Crippen molar-refractivity contribution in [3.63, 3.8) is 0 Å². The molecule has 126 valence electrons. The van der Waals surface area contributed by atoms with Crippen molar-refractivity contribution < 1.29 is 9.47 Å². The van der Waals surface area contributed by atoms with Gasteiger partial charge in [-0.25, -0.2) is 15.0 Å². The summed E-state index contributed by atoms with van der Waals surface area (Å²) in [4.78, 5) is 15.1. The molecule has 0 N–H and O–H groups in total. The Kier molecular flexibility index (Phi) is 4.93. The molecule has 0 saturated carbocycles. The molecule has 0 atom stereocenters. The standard InChI is InChI=1S/C18H22N4O2/c1-4-16-13(2)18(21-12-20-16)22-9-7-14(8-10-22)24-15-5-6-17(23-3)19-11-15/h4-6,11-12,14H,1,7-10H2,2-3H3. The summed E-state index contributed by atoms with van der Waals surface area (Å²) >= 11 is 0. The van der Waals surface area contributed by atoms with Crippen LogP contribution in [0, 0.1) is 6.92 Å². The van der Waals surface area contributed by atoms with Crippen LogP contribution >= 0.6 is 0 Å². The quantitative estimate of drug-likeness (QED) is 0.842. The zero-order valence-electron chi connectivity index (χ0n) is 14.1. The van der Waals surface area contributed by atoms with E-state index in [9.17, 15) is 0 Å². The lowest BCUT2D eigenvalue weighted by Crippen LogP contribution is -2.39. The van der Waals surface area contributed by atoms with Crippen molar-refractivity contribution in [3.8, 4) is 11.6 Å². The fourth-order valence-electron chi connectivity index (χ4n) is 2.91. The largest absolute Gasteiger partial charge is 0.489 e. The number of hydrogen-bond acceptors (Lipinski definition) is 6. The SMILES string of the molecule is C=Cc1ncnc(N2CCC(Oc3ccc(OC)nc3)CC2)c1C. The van der Waals surface area contributed by atoms with Crippen molar-refractivity contribution >= 4 is 11.9 Å². The van der Waals surface area contributed by atoms with E-state index >= 15 is 0 Å². The van der Waals surface area contributed by atoms with Gasteiger partial charge in [-0.15, -0.1) is 0 Å². The molecule has 0 unspecified atom stereocenters. The van der Waals surface area contributed by atoms with Gasteiger partial charge in [-0.3, -0.25) is 0 Å². The summed E-state index contributed by atoms with van der Waals surface area (Å²) in [6.07, 6.45) is 7.16. The number of aromatic nitrogens is 3. The van der Waals surface area contributed by atoms with Gasteiger partial charge in [0.15, 0.2) is 0 Å². The molecule has 0 radical (unpaired) electrons. The third kappa shape index (κ3) is 3.48. The Labute approximate surface area is 142 Å². The Balaban J connectivity index is 1.60. The molecule has 1 saturated heterocycles. The Morgan fingerprint density at radius 3 is 2.62 bits per heavy atom. The summed E-state index contributed by atoms with van der Waals surface area (Å²) in [5, 5.41) is 0. The van der Waals surface area contributed by atoms with Crippen molar-refractivity contribution in [1.29, 1.82) is 0 Å². The third-order valence-corrected chi connectivity index (χ3v) is 4.25. The van der Waals surface area contributed by atoms with E-state index in [2.05, 4.69) is 26.4 Å². The summed E-state index contributed by atoms with van der Waals surface area (Å²) in [6.45, 7) is 7.66. The summed E-state index contributed by atoms with van der Waals surface area (Å²) in [6, 6.07) is 3.70. The minimum atomic E-state index is 0.192. The minimum absolute atomic E-state index is 0.192. The van der Waals surface area contributed by atoms with Crippen LogP contribution < -0.4 is 14.4 Å². The van der Waals surface area contributed by atoms with Crippen LogP contribution in [0.5, 0.6) is 11.6 Å². The van der Waals surface area contributed by atoms with Crippen LogP contribution in [0.25, 0.3) is 6.08 Å². The Morgan fingerprint density at radius 1 is 1.21 bits per heavy atom. The van der Waals surface area contributed by atoms with Gasteiger partial charge in [-0.2, -0.15) is 0 Å². The molecule has 3 heterocycles. The fraction of sp³-hybridized carbons (Fsp3) is 0.389. The molecule has 0 aromatic carbocycles. The first-order valence-corrected chi connectivity index (χ1v) is 8.07. The molecule has 0 amide bonds. The monoisotopic (exact) mass is 326 g/mol. The molecule has 1 aliphatic rings. The molecule has 6 nitrogen and oxygen atoms in total. The zero-order chi connectivity index (χ0) is 16.9. The lowest BCUT2D eigenvalue weighted by atomic mass is 10.1. The number of pyridine rings is 1. The maximum Gasteiger partial charge on any atom is 0.213 e. The second kappa shape index (κ2) is 7.29. The molecule has 0 aliphatic carbocycles. The maximum absolute atomic E-state index is 6.02. The zero-order valence-corrected chi connectivity index (χ0v) is 14.1. The number of methoxy groups -OCH3 is 1. The van der Waals surface area contributed by atoms with Gasteiger partial charge in [0.25, 0.3) is 0 Å². The first-order valence-electron chi connectivity index (χ1n) is 8.07. The van der Waals surface area contributed by atoms with E-state index < -0.39 is 0 Å². The third-order valence-electron chi connectivity index (χ3n) is 4.25. The van der Waals surface area contributed by atoms with E-state index in [4.69, 9.17) is 9.47 Å². The first kappa shape index (κ1) is 16.2. The van der Waals surface area contributed by atoms with E-state index in [1.807, 2.05) is 19.1 Å². The predicted molar refractivity (Wildman–Crippen MR) is 93.5 cm³/mol. The van der Waals surface area contributed by atoms with Gasteiger partial charge >= 0.3 is 0 Å². The van der Waals surface area contributed by atoms with E-state index in [1.165, 1.54) is 0 Å². The summed E-state index contributed by atoms with van der Waals surface area (Å²) in [7, 11) is 1.60. The molecule has 1 fully saturated rings. The highest BCUT2D eigenvalue weighted by molar-refractivity contribution is 5.57. The van der Waals surface area contributed by atoms with Crippen LogP contribution in [0.4, 0.5) is 5.82 Å². The first-order chi connectivity index (χ1) is 11.7.